The molecule has 0 spiro atoms. The highest BCUT2D eigenvalue weighted by Crippen LogP contribution is 2.56. The second-order valence-corrected chi connectivity index (χ2v) is 9.90. The van der Waals surface area contributed by atoms with Crippen molar-refractivity contribution in [1.82, 2.24) is 4.90 Å². The van der Waals surface area contributed by atoms with Crippen molar-refractivity contribution < 1.29 is 31.5 Å². The van der Waals surface area contributed by atoms with Crippen molar-refractivity contribution in [3.63, 3.8) is 0 Å². The molecular formula is C29H25F5N2O2. The molecule has 0 radical (unpaired) electrons. The van der Waals surface area contributed by atoms with Gasteiger partial charge in [-0.1, -0.05) is 42.5 Å². The minimum Gasteiger partial charge on any atom is -0.339 e. The van der Waals surface area contributed by atoms with E-state index in [-0.39, 0.29) is 19.0 Å². The van der Waals surface area contributed by atoms with Crippen LogP contribution in [0.5, 0.6) is 0 Å². The molecule has 4 nitrogen and oxygen atoms in total. The molecule has 0 bridgehead atoms. The van der Waals surface area contributed by atoms with Crippen LogP contribution in [-0.2, 0) is 11.0 Å². The van der Waals surface area contributed by atoms with Gasteiger partial charge in [-0.15, -0.1) is 0 Å². The Balaban J connectivity index is 1.26. The van der Waals surface area contributed by atoms with Gasteiger partial charge in [0.15, 0.2) is 0 Å². The molecular weight excluding hydrogens is 503 g/mol. The Morgan fingerprint density at radius 2 is 1.42 bits per heavy atom. The van der Waals surface area contributed by atoms with E-state index in [2.05, 4.69) is 5.32 Å². The smallest absolute Gasteiger partial charge is 0.339 e. The van der Waals surface area contributed by atoms with Crippen molar-refractivity contribution in [3.8, 4) is 11.1 Å². The summed E-state index contributed by atoms with van der Waals surface area (Å²) in [6.45, 7) is 0.387. The second-order valence-electron chi connectivity index (χ2n) is 9.90. The monoisotopic (exact) mass is 528 g/mol. The number of piperidine rings is 1. The summed E-state index contributed by atoms with van der Waals surface area (Å²) >= 11 is 0. The standard InChI is InChI=1S/C29H25F5N2O2/c30-23-16-19(18-6-2-1-3-7-18)17-24(31)25(23)35-27(38)28(12-13-28)20-10-14-36(15-11-20)26(37)21-8-4-5-9-22(21)29(32,33)34/h1-9,16-17,20H,10-15H2,(H,35,38). The van der Waals surface area contributed by atoms with Crippen molar-refractivity contribution in [2.24, 2.45) is 11.3 Å². The molecule has 2 aliphatic rings. The molecule has 2 fully saturated rings. The first kappa shape index (κ1) is 25.9. The van der Waals surface area contributed by atoms with Crippen molar-refractivity contribution in [3.05, 3.63) is 89.5 Å². The van der Waals surface area contributed by atoms with Crippen LogP contribution in [0, 0.1) is 23.0 Å². The van der Waals surface area contributed by atoms with Gasteiger partial charge in [0.05, 0.1) is 16.5 Å². The number of likely N-dealkylation sites (tertiary alicyclic amines) is 1. The van der Waals surface area contributed by atoms with E-state index in [0.717, 1.165) is 6.07 Å². The third-order valence-corrected chi connectivity index (χ3v) is 7.66. The number of alkyl halides is 3. The maximum Gasteiger partial charge on any atom is 0.417 e. The first-order chi connectivity index (χ1) is 18.1. The van der Waals surface area contributed by atoms with E-state index in [9.17, 15) is 31.5 Å². The highest BCUT2D eigenvalue weighted by molar-refractivity contribution is 5.98. The third-order valence-electron chi connectivity index (χ3n) is 7.66. The van der Waals surface area contributed by atoms with Gasteiger partial charge >= 0.3 is 6.18 Å². The minimum atomic E-state index is -4.65. The molecule has 1 heterocycles. The van der Waals surface area contributed by atoms with E-state index in [1.54, 1.807) is 30.3 Å². The quantitative estimate of drug-likeness (QED) is 0.366. The maximum atomic E-state index is 14.8. The second kappa shape index (κ2) is 9.85. The lowest BCUT2D eigenvalue weighted by molar-refractivity contribution is -0.138. The van der Waals surface area contributed by atoms with E-state index < -0.39 is 51.9 Å². The molecule has 1 saturated heterocycles. The van der Waals surface area contributed by atoms with Gasteiger partial charge in [0.25, 0.3) is 5.91 Å². The molecule has 2 amide bonds. The van der Waals surface area contributed by atoms with Crippen LogP contribution in [0.1, 0.15) is 41.6 Å². The lowest BCUT2D eigenvalue weighted by atomic mass is 9.80. The van der Waals surface area contributed by atoms with Crippen LogP contribution >= 0.6 is 0 Å². The van der Waals surface area contributed by atoms with E-state index in [4.69, 9.17) is 0 Å². The fraction of sp³-hybridized carbons (Fsp3) is 0.310. The van der Waals surface area contributed by atoms with Crippen molar-refractivity contribution >= 4 is 17.5 Å². The van der Waals surface area contributed by atoms with Gasteiger partial charge in [0.1, 0.15) is 17.3 Å². The van der Waals surface area contributed by atoms with Crippen LogP contribution < -0.4 is 5.32 Å². The van der Waals surface area contributed by atoms with Gasteiger partial charge < -0.3 is 10.2 Å². The number of hydrogen-bond donors (Lipinski definition) is 1. The molecule has 1 aliphatic carbocycles. The Hall–Kier alpha value is -3.75. The number of carbonyl (C=O) groups excluding carboxylic acids is 2. The van der Waals surface area contributed by atoms with Gasteiger partial charge in [-0.2, -0.15) is 13.2 Å². The molecule has 0 atom stereocenters. The number of nitrogens with zero attached hydrogens (tertiary/aromatic N) is 1. The summed E-state index contributed by atoms with van der Waals surface area (Å²) in [5.74, 6) is -3.09. The average Bonchev–Trinajstić information content (AvgIpc) is 3.72. The van der Waals surface area contributed by atoms with Crippen LogP contribution in [-0.4, -0.2) is 29.8 Å². The van der Waals surface area contributed by atoms with Crippen LogP contribution in [0.25, 0.3) is 11.1 Å². The summed E-state index contributed by atoms with van der Waals surface area (Å²) < 4.78 is 69.8. The lowest BCUT2D eigenvalue weighted by Crippen LogP contribution is -2.43. The Labute approximate surface area is 216 Å². The summed E-state index contributed by atoms with van der Waals surface area (Å²) in [4.78, 5) is 27.5. The van der Waals surface area contributed by atoms with E-state index in [0.29, 0.717) is 36.8 Å². The number of benzene rings is 3. The summed E-state index contributed by atoms with van der Waals surface area (Å²) in [6, 6.07) is 15.8. The third kappa shape index (κ3) is 4.89. The zero-order valence-corrected chi connectivity index (χ0v) is 20.3. The van der Waals surface area contributed by atoms with E-state index >= 15 is 0 Å². The number of rotatable bonds is 5. The maximum absolute atomic E-state index is 14.8. The Morgan fingerprint density at radius 1 is 0.842 bits per heavy atom. The van der Waals surface area contributed by atoms with E-state index in [1.807, 2.05) is 0 Å². The molecule has 9 heteroatoms. The lowest BCUT2D eigenvalue weighted by Gasteiger charge is -2.36. The predicted octanol–water partition coefficient (Wildman–Crippen LogP) is 6.92. The fourth-order valence-electron chi connectivity index (χ4n) is 5.41. The van der Waals surface area contributed by atoms with Gasteiger partial charge in [0, 0.05) is 13.1 Å². The molecule has 1 saturated carbocycles. The zero-order valence-electron chi connectivity index (χ0n) is 20.3. The molecule has 38 heavy (non-hydrogen) atoms. The van der Waals surface area contributed by atoms with Crippen LogP contribution in [0.4, 0.5) is 27.6 Å². The Morgan fingerprint density at radius 3 is 2.00 bits per heavy atom. The minimum absolute atomic E-state index is 0.154. The Bertz CT molecular complexity index is 1340. The highest BCUT2D eigenvalue weighted by atomic mass is 19.4. The normalized spacial score (nSPS) is 17.2. The number of hydrogen-bond acceptors (Lipinski definition) is 2. The summed E-state index contributed by atoms with van der Waals surface area (Å²) in [5, 5.41) is 2.45. The number of nitrogens with one attached hydrogen (secondary N) is 1. The number of halogens is 5. The molecule has 1 N–H and O–H groups in total. The van der Waals surface area contributed by atoms with Crippen molar-refractivity contribution in [1.29, 1.82) is 0 Å². The number of anilines is 1. The van der Waals surface area contributed by atoms with Crippen LogP contribution in [0.2, 0.25) is 0 Å². The number of carbonyl (C=O) groups is 2. The van der Waals surface area contributed by atoms with Crippen molar-refractivity contribution in [2.75, 3.05) is 18.4 Å². The average molecular weight is 529 g/mol. The molecule has 3 aromatic carbocycles. The first-order valence-corrected chi connectivity index (χ1v) is 12.4. The highest BCUT2D eigenvalue weighted by Gasteiger charge is 2.56. The summed E-state index contributed by atoms with van der Waals surface area (Å²) in [5.41, 5.74) is -1.70. The molecule has 198 valence electrons. The SMILES string of the molecule is O=C(c1ccccc1C(F)(F)F)N1CCC(C2(C(=O)Nc3c(F)cc(-c4ccccc4)cc3F)CC2)CC1. The van der Waals surface area contributed by atoms with Gasteiger partial charge in [-0.3, -0.25) is 9.59 Å². The number of amides is 2. The molecule has 0 aromatic heterocycles. The van der Waals surface area contributed by atoms with Crippen LogP contribution in [0.3, 0.4) is 0 Å². The zero-order chi connectivity index (χ0) is 27.1. The molecule has 0 unspecified atom stereocenters. The van der Waals surface area contributed by atoms with Gasteiger partial charge in [-0.25, -0.2) is 8.78 Å². The van der Waals surface area contributed by atoms with E-state index in [1.165, 1.54) is 35.2 Å². The topological polar surface area (TPSA) is 49.4 Å². The molecule has 5 rings (SSSR count). The molecule has 1 aliphatic heterocycles. The largest absolute Gasteiger partial charge is 0.417 e. The Kier molecular flexibility index (Phi) is 6.71. The summed E-state index contributed by atoms with van der Waals surface area (Å²) in [7, 11) is 0. The van der Waals surface area contributed by atoms with Crippen LogP contribution in [0.15, 0.2) is 66.7 Å². The fourth-order valence-corrected chi connectivity index (χ4v) is 5.41. The molecule has 3 aromatic rings. The van der Waals surface area contributed by atoms with Crippen molar-refractivity contribution in [2.45, 2.75) is 31.9 Å². The first-order valence-electron chi connectivity index (χ1n) is 12.4. The van der Waals surface area contributed by atoms with Gasteiger partial charge in [0.2, 0.25) is 5.91 Å². The van der Waals surface area contributed by atoms with Gasteiger partial charge in [-0.05, 0) is 67.0 Å². The summed E-state index contributed by atoms with van der Waals surface area (Å²) in [6.07, 6.45) is -2.75. The predicted molar refractivity (Wildman–Crippen MR) is 132 cm³/mol.